The Morgan fingerprint density at radius 2 is 2.38 bits per heavy atom. The first-order valence-electron chi connectivity index (χ1n) is 4.56. The van der Waals surface area contributed by atoms with Crippen LogP contribution in [0.2, 0.25) is 0 Å². The molecule has 0 unspecified atom stereocenters. The fourth-order valence-corrected chi connectivity index (χ4v) is 1.66. The Balaban J connectivity index is 2.08. The Hall–Kier alpha value is -1.16. The Morgan fingerprint density at radius 3 is 3.08 bits per heavy atom. The van der Waals surface area contributed by atoms with Crippen LogP contribution in [0.3, 0.4) is 0 Å². The molecular weight excluding hydrogens is 166 g/mol. The first kappa shape index (κ1) is 8.44. The number of piperidine rings is 1. The average molecular weight is 179 g/mol. The molecule has 1 saturated heterocycles. The van der Waals surface area contributed by atoms with Crippen molar-refractivity contribution < 1.29 is 5.11 Å². The van der Waals surface area contributed by atoms with E-state index in [1.54, 1.807) is 12.4 Å². The zero-order valence-corrected chi connectivity index (χ0v) is 7.43. The molecule has 0 aromatic carbocycles. The number of hydrogen-bond donors (Lipinski definition) is 1. The van der Waals surface area contributed by atoms with Crippen LogP contribution >= 0.6 is 0 Å². The first-order valence-corrected chi connectivity index (χ1v) is 4.56. The van der Waals surface area contributed by atoms with Gasteiger partial charge in [-0.15, -0.1) is 0 Å². The van der Waals surface area contributed by atoms with Crippen LogP contribution < -0.4 is 4.90 Å². The lowest BCUT2D eigenvalue weighted by Crippen LogP contribution is -2.38. The molecule has 1 atom stereocenters. The molecule has 1 aliphatic rings. The van der Waals surface area contributed by atoms with Crippen LogP contribution in [0.15, 0.2) is 18.5 Å². The van der Waals surface area contributed by atoms with Gasteiger partial charge < -0.3 is 10.0 Å². The topological polar surface area (TPSA) is 49.2 Å². The van der Waals surface area contributed by atoms with Crippen LogP contribution in [-0.4, -0.2) is 34.5 Å². The van der Waals surface area contributed by atoms with Gasteiger partial charge in [0.05, 0.1) is 24.2 Å². The summed E-state index contributed by atoms with van der Waals surface area (Å²) in [4.78, 5) is 2.14. The molecule has 0 aliphatic carbocycles. The van der Waals surface area contributed by atoms with Gasteiger partial charge in [-0.3, -0.25) is 0 Å². The third-order valence-electron chi connectivity index (χ3n) is 2.33. The maximum atomic E-state index is 9.46. The number of aliphatic hydroxyl groups excluding tert-OH is 1. The SMILES string of the molecule is O[C@H]1CCCN(c2ccnnc2)C1. The number of aliphatic hydroxyl groups is 1. The molecule has 2 rings (SSSR count). The fourth-order valence-electron chi connectivity index (χ4n) is 1.66. The van der Waals surface area contributed by atoms with E-state index >= 15 is 0 Å². The molecule has 1 aromatic rings. The van der Waals surface area contributed by atoms with Crippen molar-refractivity contribution in [3.63, 3.8) is 0 Å². The highest BCUT2D eigenvalue weighted by molar-refractivity contribution is 5.43. The van der Waals surface area contributed by atoms with Crippen LogP contribution in [0.4, 0.5) is 5.69 Å². The Morgan fingerprint density at radius 1 is 1.46 bits per heavy atom. The summed E-state index contributed by atoms with van der Waals surface area (Å²) < 4.78 is 0. The van der Waals surface area contributed by atoms with Gasteiger partial charge in [0.15, 0.2) is 0 Å². The molecule has 0 spiro atoms. The van der Waals surface area contributed by atoms with Crippen molar-refractivity contribution in [2.24, 2.45) is 0 Å². The van der Waals surface area contributed by atoms with E-state index in [4.69, 9.17) is 0 Å². The van der Waals surface area contributed by atoms with Gasteiger partial charge in [0.2, 0.25) is 0 Å². The van der Waals surface area contributed by atoms with E-state index in [0.29, 0.717) is 6.54 Å². The van der Waals surface area contributed by atoms with Gasteiger partial charge in [-0.1, -0.05) is 0 Å². The van der Waals surface area contributed by atoms with Crippen LogP contribution in [-0.2, 0) is 0 Å². The standard InChI is InChI=1S/C9H13N3O/c13-9-2-1-5-12(7-9)8-3-4-10-11-6-8/h3-4,6,9,13H,1-2,5,7H2/t9-/m0/s1. The van der Waals surface area contributed by atoms with Gasteiger partial charge in [0, 0.05) is 13.1 Å². The molecule has 1 fully saturated rings. The Labute approximate surface area is 77.2 Å². The Kier molecular flexibility index (Phi) is 2.40. The van der Waals surface area contributed by atoms with Gasteiger partial charge >= 0.3 is 0 Å². The zero-order valence-electron chi connectivity index (χ0n) is 7.43. The number of anilines is 1. The summed E-state index contributed by atoms with van der Waals surface area (Å²) in [5, 5.41) is 17.0. The number of β-amino-alcohol motifs (C(OH)–C–C–N with tert-alkyl or cyclic N) is 1. The van der Waals surface area contributed by atoms with Crippen molar-refractivity contribution in [3.8, 4) is 0 Å². The van der Waals surface area contributed by atoms with Gasteiger partial charge in [-0.25, -0.2) is 0 Å². The van der Waals surface area contributed by atoms with Crippen molar-refractivity contribution in [1.29, 1.82) is 0 Å². The van der Waals surface area contributed by atoms with E-state index < -0.39 is 0 Å². The predicted molar refractivity (Wildman–Crippen MR) is 49.5 cm³/mol. The molecule has 0 bridgehead atoms. The van der Waals surface area contributed by atoms with Crippen LogP contribution in [0, 0.1) is 0 Å². The smallest absolute Gasteiger partial charge is 0.0729 e. The summed E-state index contributed by atoms with van der Waals surface area (Å²) >= 11 is 0. The van der Waals surface area contributed by atoms with E-state index in [1.807, 2.05) is 6.07 Å². The third kappa shape index (κ3) is 1.95. The first-order chi connectivity index (χ1) is 6.36. The maximum absolute atomic E-state index is 9.46. The van der Waals surface area contributed by atoms with Gasteiger partial charge in [0.25, 0.3) is 0 Å². The summed E-state index contributed by atoms with van der Waals surface area (Å²) in [6, 6.07) is 1.92. The highest BCUT2D eigenvalue weighted by Crippen LogP contribution is 2.17. The van der Waals surface area contributed by atoms with Crippen molar-refractivity contribution in [2.75, 3.05) is 18.0 Å². The predicted octanol–water partition coefficient (Wildman–Crippen LogP) is 0.438. The quantitative estimate of drug-likeness (QED) is 0.679. The minimum Gasteiger partial charge on any atom is -0.391 e. The summed E-state index contributed by atoms with van der Waals surface area (Å²) in [5.74, 6) is 0. The number of rotatable bonds is 1. The highest BCUT2D eigenvalue weighted by Gasteiger charge is 2.17. The lowest BCUT2D eigenvalue weighted by molar-refractivity contribution is 0.154. The van der Waals surface area contributed by atoms with Crippen molar-refractivity contribution in [3.05, 3.63) is 18.5 Å². The van der Waals surface area contributed by atoms with Gasteiger partial charge in [-0.2, -0.15) is 10.2 Å². The zero-order chi connectivity index (χ0) is 9.10. The van der Waals surface area contributed by atoms with Crippen molar-refractivity contribution in [1.82, 2.24) is 10.2 Å². The second kappa shape index (κ2) is 3.70. The molecule has 4 heteroatoms. The van der Waals surface area contributed by atoms with Crippen LogP contribution in [0.5, 0.6) is 0 Å². The Bertz CT molecular complexity index is 265. The molecule has 1 aromatic heterocycles. The van der Waals surface area contributed by atoms with Crippen LogP contribution in [0.1, 0.15) is 12.8 Å². The van der Waals surface area contributed by atoms with E-state index in [9.17, 15) is 5.11 Å². The normalized spacial score (nSPS) is 23.2. The molecule has 70 valence electrons. The van der Waals surface area contributed by atoms with E-state index in [2.05, 4.69) is 15.1 Å². The summed E-state index contributed by atoms with van der Waals surface area (Å²) in [6.07, 6.45) is 5.18. The maximum Gasteiger partial charge on any atom is 0.0729 e. The summed E-state index contributed by atoms with van der Waals surface area (Å²) in [6.45, 7) is 1.72. The highest BCUT2D eigenvalue weighted by atomic mass is 16.3. The molecule has 0 saturated carbocycles. The molecular formula is C9H13N3O. The van der Waals surface area contributed by atoms with E-state index in [0.717, 1.165) is 25.1 Å². The van der Waals surface area contributed by atoms with Gasteiger partial charge in [0.1, 0.15) is 0 Å². The molecule has 2 heterocycles. The molecule has 0 amide bonds. The molecule has 4 nitrogen and oxygen atoms in total. The van der Waals surface area contributed by atoms with E-state index in [1.165, 1.54) is 0 Å². The number of hydrogen-bond acceptors (Lipinski definition) is 4. The molecule has 0 radical (unpaired) electrons. The second-order valence-electron chi connectivity index (χ2n) is 3.34. The second-order valence-corrected chi connectivity index (χ2v) is 3.34. The molecule has 13 heavy (non-hydrogen) atoms. The minimum absolute atomic E-state index is 0.193. The lowest BCUT2D eigenvalue weighted by Gasteiger charge is -2.31. The summed E-state index contributed by atoms with van der Waals surface area (Å²) in [7, 11) is 0. The monoisotopic (exact) mass is 179 g/mol. The number of aromatic nitrogens is 2. The third-order valence-corrected chi connectivity index (χ3v) is 2.33. The molecule has 1 aliphatic heterocycles. The van der Waals surface area contributed by atoms with E-state index in [-0.39, 0.29) is 6.10 Å². The fraction of sp³-hybridized carbons (Fsp3) is 0.556. The number of nitrogens with zero attached hydrogens (tertiary/aromatic N) is 3. The van der Waals surface area contributed by atoms with Crippen molar-refractivity contribution in [2.45, 2.75) is 18.9 Å². The summed E-state index contributed by atoms with van der Waals surface area (Å²) in [5.41, 5.74) is 1.05. The van der Waals surface area contributed by atoms with Crippen LogP contribution in [0.25, 0.3) is 0 Å². The van der Waals surface area contributed by atoms with Gasteiger partial charge in [-0.05, 0) is 18.9 Å². The largest absolute Gasteiger partial charge is 0.391 e. The molecule has 1 N–H and O–H groups in total. The average Bonchev–Trinajstić information content (AvgIpc) is 2.19. The lowest BCUT2D eigenvalue weighted by atomic mass is 10.1. The minimum atomic E-state index is -0.193. The van der Waals surface area contributed by atoms with Crippen molar-refractivity contribution >= 4 is 5.69 Å².